The second-order valence-corrected chi connectivity index (χ2v) is 5.76. The second kappa shape index (κ2) is 5.84. The van der Waals surface area contributed by atoms with Crippen LogP contribution in [-0.4, -0.2) is 8.42 Å². The van der Waals surface area contributed by atoms with Crippen molar-refractivity contribution in [3.05, 3.63) is 54.3 Å². The van der Waals surface area contributed by atoms with Gasteiger partial charge in [-0.3, -0.25) is 0 Å². The minimum Gasteiger partial charge on any atom is -0.315 e. The van der Waals surface area contributed by atoms with E-state index in [9.17, 15) is 8.42 Å². The van der Waals surface area contributed by atoms with Gasteiger partial charge < -0.3 is 5.43 Å². The lowest BCUT2D eigenvalue weighted by atomic mass is 10.0. The molecule has 0 amide bonds. The molecule has 1 aliphatic carbocycles. The highest BCUT2D eigenvalue weighted by molar-refractivity contribution is 7.89. The molecule has 0 radical (unpaired) electrons. The van der Waals surface area contributed by atoms with Crippen LogP contribution in [0.4, 0.5) is 0 Å². The summed E-state index contributed by atoms with van der Waals surface area (Å²) < 4.78 is 23.7. The molecule has 4 nitrogen and oxygen atoms in total. The van der Waals surface area contributed by atoms with Crippen molar-refractivity contribution in [3.8, 4) is 0 Å². The Labute approximate surface area is 107 Å². The largest absolute Gasteiger partial charge is 0.315 e. The molecule has 0 aliphatic heterocycles. The summed E-state index contributed by atoms with van der Waals surface area (Å²) in [6.07, 6.45) is 8.80. The highest BCUT2D eigenvalue weighted by atomic mass is 32.2. The molecule has 96 valence electrons. The lowest BCUT2D eigenvalue weighted by molar-refractivity contribution is 0.573. The molecule has 2 rings (SSSR count). The summed E-state index contributed by atoms with van der Waals surface area (Å²) >= 11 is 0. The monoisotopic (exact) mass is 264 g/mol. The molecule has 0 unspecified atom stereocenters. The zero-order valence-electron chi connectivity index (χ0n) is 9.96. The smallest absolute Gasteiger partial charge is 0.257 e. The van der Waals surface area contributed by atoms with Crippen LogP contribution >= 0.6 is 0 Å². The number of hydrogen-bond donors (Lipinski definition) is 2. The van der Waals surface area contributed by atoms with Gasteiger partial charge in [-0.1, -0.05) is 30.4 Å². The first-order chi connectivity index (χ1) is 8.68. The molecule has 2 N–H and O–H groups in total. The van der Waals surface area contributed by atoms with E-state index in [-0.39, 0.29) is 4.90 Å². The molecule has 18 heavy (non-hydrogen) atoms. The SMILES string of the molecule is O=S(=O)(NN/C=C1\CC=CCC1)c1ccccc1. The van der Waals surface area contributed by atoms with Crippen LogP contribution in [0.2, 0.25) is 0 Å². The molecule has 1 aliphatic rings. The standard InChI is InChI=1S/C13H16N2O2S/c16-18(17,13-9-5-2-6-10-13)15-14-11-12-7-3-1-4-8-12/h1-3,5-6,9-11,14-15H,4,7-8H2/b12-11+. The third kappa shape index (κ3) is 3.45. The molecule has 0 saturated carbocycles. The summed E-state index contributed by atoms with van der Waals surface area (Å²) in [4.78, 5) is 2.59. The van der Waals surface area contributed by atoms with E-state index in [0.29, 0.717) is 0 Å². The van der Waals surface area contributed by atoms with Gasteiger partial charge in [0, 0.05) is 6.20 Å². The van der Waals surface area contributed by atoms with Gasteiger partial charge in [0.15, 0.2) is 0 Å². The Morgan fingerprint density at radius 3 is 2.56 bits per heavy atom. The van der Waals surface area contributed by atoms with Crippen molar-refractivity contribution in [1.29, 1.82) is 0 Å². The topological polar surface area (TPSA) is 58.2 Å². The minimum atomic E-state index is -3.48. The average molecular weight is 264 g/mol. The van der Waals surface area contributed by atoms with Gasteiger partial charge in [0.2, 0.25) is 0 Å². The fourth-order valence-corrected chi connectivity index (χ4v) is 2.57. The van der Waals surface area contributed by atoms with E-state index in [4.69, 9.17) is 0 Å². The third-order valence-electron chi connectivity index (χ3n) is 2.70. The Balaban J connectivity index is 1.96. The molecule has 0 bridgehead atoms. The van der Waals surface area contributed by atoms with E-state index in [1.807, 2.05) is 0 Å². The normalized spacial score (nSPS) is 17.9. The number of sulfonamides is 1. The number of benzene rings is 1. The summed E-state index contributed by atoms with van der Waals surface area (Å²) in [5, 5.41) is 0. The number of allylic oxidation sites excluding steroid dienone is 3. The van der Waals surface area contributed by atoms with Crippen LogP contribution in [0.5, 0.6) is 0 Å². The first kappa shape index (κ1) is 12.9. The molecule has 0 spiro atoms. The number of hydrazine groups is 1. The molecule has 0 saturated heterocycles. The molecular weight excluding hydrogens is 248 g/mol. The van der Waals surface area contributed by atoms with E-state index in [2.05, 4.69) is 22.4 Å². The Hall–Kier alpha value is -1.59. The summed E-state index contributed by atoms with van der Waals surface area (Å²) in [5.74, 6) is 0. The van der Waals surface area contributed by atoms with Crippen molar-refractivity contribution in [3.63, 3.8) is 0 Å². The summed E-state index contributed by atoms with van der Waals surface area (Å²) in [6.45, 7) is 0. The predicted molar refractivity (Wildman–Crippen MR) is 71.0 cm³/mol. The van der Waals surface area contributed by atoms with Gasteiger partial charge in [0.1, 0.15) is 0 Å². The summed E-state index contributed by atoms with van der Waals surface area (Å²) in [6, 6.07) is 8.28. The number of nitrogens with one attached hydrogen (secondary N) is 2. The third-order valence-corrected chi connectivity index (χ3v) is 3.98. The summed E-state index contributed by atoms with van der Waals surface area (Å²) in [5.41, 5.74) is 3.85. The van der Waals surface area contributed by atoms with E-state index >= 15 is 0 Å². The highest BCUT2D eigenvalue weighted by Crippen LogP contribution is 2.15. The lowest BCUT2D eigenvalue weighted by Gasteiger charge is -2.10. The predicted octanol–water partition coefficient (Wildman–Crippen LogP) is 2.09. The first-order valence-electron chi connectivity index (χ1n) is 5.84. The molecule has 1 aromatic rings. The second-order valence-electron chi connectivity index (χ2n) is 4.08. The Bertz CT molecular complexity index is 548. The highest BCUT2D eigenvalue weighted by Gasteiger charge is 2.11. The molecule has 1 aromatic carbocycles. The maximum absolute atomic E-state index is 11.9. The Morgan fingerprint density at radius 2 is 1.89 bits per heavy atom. The molecule has 0 atom stereocenters. The zero-order valence-corrected chi connectivity index (χ0v) is 10.8. The van der Waals surface area contributed by atoms with E-state index in [1.165, 1.54) is 5.57 Å². The van der Waals surface area contributed by atoms with Gasteiger partial charge in [-0.05, 0) is 37.0 Å². The Kier molecular flexibility index (Phi) is 4.17. The van der Waals surface area contributed by atoms with Gasteiger partial charge in [-0.2, -0.15) is 0 Å². The van der Waals surface area contributed by atoms with Crippen LogP contribution < -0.4 is 10.3 Å². The fourth-order valence-electron chi connectivity index (χ4n) is 1.72. The molecular formula is C13H16N2O2S. The molecule has 5 heteroatoms. The van der Waals surface area contributed by atoms with E-state index in [1.54, 1.807) is 36.5 Å². The molecule has 0 heterocycles. The van der Waals surface area contributed by atoms with Crippen molar-refractivity contribution < 1.29 is 8.42 Å². The van der Waals surface area contributed by atoms with E-state index < -0.39 is 10.0 Å². The maximum atomic E-state index is 11.9. The van der Waals surface area contributed by atoms with Crippen molar-refractivity contribution in [2.45, 2.75) is 24.2 Å². The van der Waals surface area contributed by atoms with Gasteiger partial charge in [0.25, 0.3) is 10.0 Å². The van der Waals surface area contributed by atoms with Crippen LogP contribution in [0.25, 0.3) is 0 Å². The van der Waals surface area contributed by atoms with Gasteiger partial charge in [-0.25, -0.2) is 8.42 Å². The fraction of sp³-hybridized carbons (Fsp3) is 0.231. The number of rotatable bonds is 4. The van der Waals surface area contributed by atoms with Gasteiger partial charge in [0.05, 0.1) is 4.90 Å². The van der Waals surface area contributed by atoms with Crippen molar-refractivity contribution in [2.75, 3.05) is 0 Å². The minimum absolute atomic E-state index is 0.249. The lowest BCUT2D eigenvalue weighted by Crippen LogP contribution is -2.33. The Morgan fingerprint density at radius 1 is 1.11 bits per heavy atom. The summed E-state index contributed by atoms with van der Waals surface area (Å²) in [7, 11) is -3.48. The van der Waals surface area contributed by atoms with Gasteiger partial charge in [-0.15, -0.1) is 4.83 Å². The zero-order chi connectivity index (χ0) is 12.8. The van der Waals surface area contributed by atoms with Crippen LogP contribution in [0.1, 0.15) is 19.3 Å². The van der Waals surface area contributed by atoms with Crippen molar-refractivity contribution in [1.82, 2.24) is 10.3 Å². The molecule has 0 fully saturated rings. The van der Waals surface area contributed by atoms with Crippen LogP contribution in [0.3, 0.4) is 0 Å². The van der Waals surface area contributed by atoms with Crippen LogP contribution in [-0.2, 0) is 10.0 Å². The van der Waals surface area contributed by atoms with Crippen LogP contribution in [0.15, 0.2) is 59.2 Å². The molecule has 0 aromatic heterocycles. The van der Waals surface area contributed by atoms with Crippen molar-refractivity contribution in [2.24, 2.45) is 0 Å². The maximum Gasteiger partial charge on any atom is 0.257 e. The quantitative estimate of drug-likeness (QED) is 0.646. The number of hydrogen-bond acceptors (Lipinski definition) is 3. The van der Waals surface area contributed by atoms with Crippen molar-refractivity contribution >= 4 is 10.0 Å². The first-order valence-corrected chi connectivity index (χ1v) is 7.32. The van der Waals surface area contributed by atoms with Crippen LogP contribution in [0, 0.1) is 0 Å². The van der Waals surface area contributed by atoms with E-state index in [0.717, 1.165) is 19.3 Å². The average Bonchev–Trinajstić information content (AvgIpc) is 2.41. The van der Waals surface area contributed by atoms with Gasteiger partial charge >= 0.3 is 0 Å².